The summed E-state index contributed by atoms with van der Waals surface area (Å²) in [5, 5.41) is 6.42. The number of carbonyl (C=O) groups is 1. The van der Waals surface area contributed by atoms with Gasteiger partial charge in [-0.2, -0.15) is 0 Å². The van der Waals surface area contributed by atoms with E-state index in [4.69, 9.17) is 4.74 Å². The molecule has 1 heterocycles. The van der Waals surface area contributed by atoms with E-state index in [1.807, 2.05) is 6.92 Å². The predicted octanol–water partition coefficient (Wildman–Crippen LogP) is 1.48. The molecule has 0 aromatic heterocycles. The maximum Gasteiger partial charge on any atom is 0.240 e. The molecule has 2 unspecified atom stereocenters. The first kappa shape index (κ1) is 15.7. The van der Waals surface area contributed by atoms with Gasteiger partial charge in [-0.15, -0.1) is 12.4 Å². The Balaban J connectivity index is 0.00000162. The molecule has 0 bridgehead atoms. The van der Waals surface area contributed by atoms with E-state index in [2.05, 4.69) is 17.6 Å². The fraction of sp³-hybridized carbons (Fsp3) is 0.923. The highest BCUT2D eigenvalue weighted by Crippen LogP contribution is 2.23. The minimum atomic E-state index is -0.183. The summed E-state index contributed by atoms with van der Waals surface area (Å²) in [5.74, 6) is 0.712. The molecule has 106 valence electrons. The number of rotatable bonds is 2. The summed E-state index contributed by atoms with van der Waals surface area (Å²) >= 11 is 0. The normalized spacial score (nSPS) is 36.6. The Morgan fingerprint density at radius 1 is 1.28 bits per heavy atom. The van der Waals surface area contributed by atoms with E-state index in [0.29, 0.717) is 18.6 Å². The number of carbonyl (C=O) groups excluding carboxylic acids is 1. The third-order valence-corrected chi connectivity index (χ3v) is 4.04. The molecule has 1 saturated heterocycles. The second-order valence-electron chi connectivity index (χ2n) is 5.38. The van der Waals surface area contributed by atoms with Gasteiger partial charge >= 0.3 is 0 Å². The van der Waals surface area contributed by atoms with Gasteiger partial charge in [0.05, 0.1) is 12.7 Å². The minimum absolute atomic E-state index is 0. The lowest BCUT2D eigenvalue weighted by Crippen LogP contribution is -2.57. The lowest BCUT2D eigenvalue weighted by molar-refractivity contribution is -0.130. The molecule has 2 aliphatic rings. The van der Waals surface area contributed by atoms with Crippen molar-refractivity contribution in [1.82, 2.24) is 10.6 Å². The van der Waals surface area contributed by atoms with E-state index in [-0.39, 0.29) is 30.5 Å². The third kappa shape index (κ3) is 3.84. The first-order valence-electron chi connectivity index (χ1n) is 6.84. The Hall–Kier alpha value is -0.320. The lowest BCUT2D eigenvalue weighted by Gasteiger charge is -2.34. The first-order valence-corrected chi connectivity index (χ1v) is 6.84. The number of hydrogen-bond donors (Lipinski definition) is 2. The summed E-state index contributed by atoms with van der Waals surface area (Å²) in [6.45, 7) is 5.66. The largest absolute Gasteiger partial charge is 0.375 e. The Morgan fingerprint density at radius 2 is 2.00 bits per heavy atom. The SMILES string of the molecule is CC1CCCCC1NC(=O)[C@H]1NCCO[C@@H]1C.Cl. The second-order valence-corrected chi connectivity index (χ2v) is 5.38. The first-order chi connectivity index (χ1) is 8.18. The number of morpholine rings is 1. The molecule has 0 spiro atoms. The van der Waals surface area contributed by atoms with Crippen molar-refractivity contribution in [1.29, 1.82) is 0 Å². The van der Waals surface area contributed by atoms with Crippen LogP contribution in [0.5, 0.6) is 0 Å². The van der Waals surface area contributed by atoms with Crippen LogP contribution in [0.1, 0.15) is 39.5 Å². The molecule has 5 heteroatoms. The van der Waals surface area contributed by atoms with Crippen molar-refractivity contribution in [2.45, 2.75) is 57.7 Å². The zero-order chi connectivity index (χ0) is 12.3. The topological polar surface area (TPSA) is 50.4 Å². The third-order valence-electron chi connectivity index (χ3n) is 4.04. The zero-order valence-corrected chi connectivity index (χ0v) is 12.1. The van der Waals surface area contributed by atoms with Crippen LogP contribution in [0.2, 0.25) is 0 Å². The molecule has 2 rings (SSSR count). The van der Waals surface area contributed by atoms with E-state index in [9.17, 15) is 4.79 Å². The van der Waals surface area contributed by atoms with Crippen LogP contribution < -0.4 is 10.6 Å². The Labute approximate surface area is 116 Å². The van der Waals surface area contributed by atoms with Crippen LogP contribution in [-0.2, 0) is 9.53 Å². The van der Waals surface area contributed by atoms with Gasteiger partial charge in [0.2, 0.25) is 5.91 Å². The van der Waals surface area contributed by atoms with Gasteiger partial charge < -0.3 is 15.4 Å². The number of ether oxygens (including phenoxy) is 1. The zero-order valence-electron chi connectivity index (χ0n) is 11.3. The van der Waals surface area contributed by atoms with E-state index in [1.165, 1.54) is 19.3 Å². The molecule has 18 heavy (non-hydrogen) atoms. The van der Waals surface area contributed by atoms with Crippen molar-refractivity contribution in [3.63, 3.8) is 0 Å². The van der Waals surface area contributed by atoms with E-state index in [1.54, 1.807) is 0 Å². The van der Waals surface area contributed by atoms with Crippen molar-refractivity contribution in [3.8, 4) is 0 Å². The van der Waals surface area contributed by atoms with Crippen LogP contribution in [0.4, 0.5) is 0 Å². The standard InChI is InChI=1S/C13H24N2O2.ClH/c1-9-5-3-4-6-11(9)15-13(16)12-10(2)17-8-7-14-12;/h9-12,14H,3-8H2,1-2H3,(H,15,16);1H/t9?,10-,11?,12+;/m1./s1. The highest BCUT2D eigenvalue weighted by atomic mass is 35.5. The molecule has 1 amide bonds. The molecular weight excluding hydrogens is 252 g/mol. The van der Waals surface area contributed by atoms with Crippen molar-refractivity contribution < 1.29 is 9.53 Å². The quantitative estimate of drug-likeness (QED) is 0.803. The molecule has 0 radical (unpaired) electrons. The smallest absolute Gasteiger partial charge is 0.240 e. The fourth-order valence-electron chi connectivity index (χ4n) is 2.83. The summed E-state index contributed by atoms with van der Waals surface area (Å²) in [5.41, 5.74) is 0. The van der Waals surface area contributed by atoms with E-state index in [0.717, 1.165) is 13.0 Å². The lowest BCUT2D eigenvalue weighted by atomic mass is 9.85. The maximum absolute atomic E-state index is 12.2. The molecule has 4 nitrogen and oxygen atoms in total. The maximum atomic E-state index is 12.2. The van der Waals surface area contributed by atoms with Gasteiger partial charge in [-0.1, -0.05) is 19.8 Å². The van der Waals surface area contributed by atoms with Crippen molar-refractivity contribution >= 4 is 18.3 Å². The number of halogens is 1. The highest BCUT2D eigenvalue weighted by molar-refractivity contribution is 5.85. The van der Waals surface area contributed by atoms with Crippen LogP contribution in [-0.4, -0.2) is 37.2 Å². The van der Waals surface area contributed by atoms with Crippen LogP contribution in [0.15, 0.2) is 0 Å². The molecule has 0 aromatic carbocycles. The van der Waals surface area contributed by atoms with Crippen molar-refractivity contribution in [2.75, 3.05) is 13.2 Å². The van der Waals surface area contributed by atoms with Gasteiger partial charge in [0.1, 0.15) is 6.04 Å². The molecule has 2 N–H and O–H groups in total. The van der Waals surface area contributed by atoms with Gasteiger partial charge in [-0.05, 0) is 25.7 Å². The predicted molar refractivity (Wildman–Crippen MR) is 74.0 cm³/mol. The van der Waals surface area contributed by atoms with Gasteiger partial charge in [0.15, 0.2) is 0 Å². The van der Waals surface area contributed by atoms with Crippen LogP contribution >= 0.6 is 12.4 Å². The summed E-state index contributed by atoms with van der Waals surface area (Å²) in [4.78, 5) is 12.2. The monoisotopic (exact) mass is 276 g/mol. The summed E-state index contributed by atoms with van der Waals surface area (Å²) in [7, 11) is 0. The van der Waals surface area contributed by atoms with Crippen molar-refractivity contribution in [3.05, 3.63) is 0 Å². The van der Waals surface area contributed by atoms with Gasteiger partial charge in [0, 0.05) is 12.6 Å². The molecular formula is C13H25ClN2O2. The average molecular weight is 277 g/mol. The number of hydrogen-bond acceptors (Lipinski definition) is 3. The van der Waals surface area contributed by atoms with Gasteiger partial charge in [-0.25, -0.2) is 0 Å². The van der Waals surface area contributed by atoms with Crippen LogP contribution in [0.3, 0.4) is 0 Å². The van der Waals surface area contributed by atoms with Crippen molar-refractivity contribution in [2.24, 2.45) is 5.92 Å². The molecule has 1 aliphatic heterocycles. The molecule has 2 fully saturated rings. The Bertz CT molecular complexity index is 276. The van der Waals surface area contributed by atoms with E-state index >= 15 is 0 Å². The van der Waals surface area contributed by atoms with Crippen LogP contribution in [0, 0.1) is 5.92 Å². The molecule has 1 saturated carbocycles. The highest BCUT2D eigenvalue weighted by Gasteiger charge is 2.31. The summed E-state index contributed by atoms with van der Waals surface area (Å²) in [6.07, 6.45) is 4.86. The fourth-order valence-corrected chi connectivity index (χ4v) is 2.83. The molecule has 1 aliphatic carbocycles. The van der Waals surface area contributed by atoms with E-state index < -0.39 is 0 Å². The van der Waals surface area contributed by atoms with Gasteiger partial charge in [-0.3, -0.25) is 4.79 Å². The summed E-state index contributed by atoms with van der Waals surface area (Å²) in [6, 6.07) is 0.171. The molecule has 0 aromatic rings. The molecule has 4 atom stereocenters. The average Bonchev–Trinajstić information content (AvgIpc) is 2.32. The minimum Gasteiger partial charge on any atom is -0.375 e. The van der Waals surface area contributed by atoms with Gasteiger partial charge in [0.25, 0.3) is 0 Å². The van der Waals surface area contributed by atoms with Crippen LogP contribution in [0.25, 0.3) is 0 Å². The Kier molecular flexibility index (Phi) is 6.39. The second kappa shape index (κ2) is 7.31. The Morgan fingerprint density at radius 3 is 2.67 bits per heavy atom. The number of nitrogens with one attached hydrogen (secondary N) is 2. The number of amides is 1. The summed E-state index contributed by atoms with van der Waals surface area (Å²) < 4.78 is 5.50.